The van der Waals surface area contributed by atoms with Crippen molar-refractivity contribution in [1.29, 1.82) is 0 Å². The van der Waals surface area contributed by atoms with E-state index < -0.39 is 0 Å². The van der Waals surface area contributed by atoms with Gasteiger partial charge >= 0.3 is 0 Å². The minimum Gasteiger partial charge on any atom is -0.501 e. The second kappa shape index (κ2) is 10.6. The molecule has 0 bridgehead atoms. The van der Waals surface area contributed by atoms with Gasteiger partial charge in [0.1, 0.15) is 5.58 Å². The molecule has 3 aromatic heterocycles. The van der Waals surface area contributed by atoms with Gasteiger partial charge in [-0.2, -0.15) is 0 Å². The van der Waals surface area contributed by atoms with Crippen molar-refractivity contribution in [2.75, 3.05) is 0 Å². The summed E-state index contributed by atoms with van der Waals surface area (Å²) in [6, 6.07) is 34.5. The van der Waals surface area contributed by atoms with Gasteiger partial charge in [-0.05, 0) is 29.6 Å². The Morgan fingerprint density at radius 1 is 0.706 bits per heavy atom. The number of aromatic nitrogens is 2. The molecular formula is C30H22IrN2O-2. The maximum atomic E-state index is 6.05. The van der Waals surface area contributed by atoms with E-state index in [-0.39, 0.29) is 20.1 Å². The van der Waals surface area contributed by atoms with E-state index >= 15 is 0 Å². The minimum absolute atomic E-state index is 0. The summed E-state index contributed by atoms with van der Waals surface area (Å²) in [4.78, 5) is 8.66. The molecule has 0 atom stereocenters. The zero-order valence-corrected chi connectivity index (χ0v) is 21.3. The standard InChI is InChI=1S/C18H12NO.C12H10N.Ir/c1-12-9-10-13(15-7-4-5-11-19-15)18-17(12)14-6-2-3-8-16(14)20-18;1-10-5-7-11(8-6-10)12-4-2-3-9-13-12;/h2-9,11H,1H3;2-7,9H,1H3;/q2*-1;. The van der Waals surface area contributed by atoms with Crippen LogP contribution in [0.1, 0.15) is 11.1 Å². The normalized spacial score (nSPS) is 10.4. The van der Waals surface area contributed by atoms with E-state index in [4.69, 9.17) is 4.42 Å². The third-order valence-corrected chi connectivity index (χ3v) is 5.48. The Kier molecular flexibility index (Phi) is 7.32. The Bertz CT molecular complexity index is 1510. The number of para-hydroxylation sites is 1. The van der Waals surface area contributed by atoms with Gasteiger partial charge in [-0.1, -0.05) is 67.3 Å². The van der Waals surface area contributed by atoms with E-state index in [0.29, 0.717) is 0 Å². The first-order chi connectivity index (χ1) is 16.2. The maximum absolute atomic E-state index is 6.05. The van der Waals surface area contributed by atoms with Crippen molar-refractivity contribution >= 4 is 21.9 Å². The molecule has 6 rings (SSSR count). The summed E-state index contributed by atoms with van der Waals surface area (Å²) in [6.07, 6.45) is 3.58. The number of furan rings is 1. The summed E-state index contributed by atoms with van der Waals surface area (Å²) in [7, 11) is 0. The molecule has 34 heavy (non-hydrogen) atoms. The molecule has 0 aliphatic rings. The summed E-state index contributed by atoms with van der Waals surface area (Å²) in [5.74, 6) is 0. The Morgan fingerprint density at radius 2 is 1.41 bits per heavy atom. The largest absolute Gasteiger partial charge is 0.501 e. The zero-order valence-electron chi connectivity index (χ0n) is 18.9. The number of nitrogens with zero attached hydrogens (tertiary/aromatic N) is 2. The molecule has 3 heterocycles. The van der Waals surface area contributed by atoms with Crippen molar-refractivity contribution in [3.05, 3.63) is 121 Å². The fourth-order valence-electron chi connectivity index (χ4n) is 3.82. The van der Waals surface area contributed by atoms with Crippen LogP contribution in [0.15, 0.2) is 102 Å². The number of rotatable bonds is 2. The summed E-state index contributed by atoms with van der Waals surface area (Å²) in [6.45, 7) is 4.14. The van der Waals surface area contributed by atoms with Crippen LogP contribution in [0, 0.1) is 26.0 Å². The van der Waals surface area contributed by atoms with Crippen LogP contribution in [-0.4, -0.2) is 9.97 Å². The predicted molar refractivity (Wildman–Crippen MR) is 134 cm³/mol. The van der Waals surface area contributed by atoms with Crippen LogP contribution in [0.25, 0.3) is 44.5 Å². The van der Waals surface area contributed by atoms with E-state index in [9.17, 15) is 0 Å². The topological polar surface area (TPSA) is 38.9 Å². The minimum atomic E-state index is 0. The number of aryl methyl sites for hydroxylation is 2. The molecule has 6 aromatic rings. The van der Waals surface area contributed by atoms with Crippen LogP contribution >= 0.6 is 0 Å². The molecule has 0 aliphatic heterocycles. The molecule has 0 unspecified atom stereocenters. The van der Waals surface area contributed by atoms with Gasteiger partial charge in [-0.3, -0.25) is 0 Å². The first-order valence-corrected chi connectivity index (χ1v) is 10.8. The van der Waals surface area contributed by atoms with Gasteiger partial charge < -0.3 is 14.4 Å². The zero-order chi connectivity index (χ0) is 22.6. The van der Waals surface area contributed by atoms with Crippen LogP contribution in [0.3, 0.4) is 0 Å². The second-order valence-corrected chi connectivity index (χ2v) is 7.86. The quantitative estimate of drug-likeness (QED) is 0.188. The maximum Gasteiger partial charge on any atom is 0.120 e. The molecule has 3 nitrogen and oxygen atoms in total. The fraction of sp³-hybridized carbons (Fsp3) is 0.0667. The molecule has 0 N–H and O–H groups in total. The molecule has 0 saturated heterocycles. The molecular weight excluding hydrogens is 597 g/mol. The average molecular weight is 619 g/mol. The summed E-state index contributed by atoms with van der Waals surface area (Å²) in [5.41, 5.74) is 7.99. The SMILES string of the molecule is Cc1c[c-]c(-c2ccccn2)c2oc3ccccc3c12.Cc1c[c-]c(-c2ccccn2)cc1.[Ir]. The molecule has 4 heteroatoms. The summed E-state index contributed by atoms with van der Waals surface area (Å²) in [5, 5.41) is 2.30. The van der Waals surface area contributed by atoms with Crippen molar-refractivity contribution in [2.45, 2.75) is 13.8 Å². The van der Waals surface area contributed by atoms with E-state index in [1.165, 1.54) is 11.1 Å². The second-order valence-electron chi connectivity index (χ2n) is 7.86. The van der Waals surface area contributed by atoms with Crippen LogP contribution in [0.5, 0.6) is 0 Å². The predicted octanol–water partition coefficient (Wildman–Crippen LogP) is 7.61. The van der Waals surface area contributed by atoms with Crippen molar-refractivity contribution in [3.63, 3.8) is 0 Å². The van der Waals surface area contributed by atoms with Crippen LogP contribution in [0.4, 0.5) is 0 Å². The van der Waals surface area contributed by atoms with Gasteiger partial charge in [0.2, 0.25) is 0 Å². The van der Waals surface area contributed by atoms with Gasteiger partial charge in [0, 0.05) is 37.9 Å². The van der Waals surface area contributed by atoms with E-state index in [1.54, 1.807) is 12.4 Å². The van der Waals surface area contributed by atoms with E-state index in [0.717, 1.165) is 44.5 Å². The van der Waals surface area contributed by atoms with Crippen molar-refractivity contribution in [3.8, 4) is 22.5 Å². The van der Waals surface area contributed by atoms with Crippen LogP contribution in [0.2, 0.25) is 0 Å². The van der Waals surface area contributed by atoms with Crippen molar-refractivity contribution in [1.82, 2.24) is 9.97 Å². The third-order valence-electron chi connectivity index (χ3n) is 5.48. The van der Waals surface area contributed by atoms with Crippen molar-refractivity contribution in [2.24, 2.45) is 0 Å². The number of pyridine rings is 2. The third kappa shape index (κ3) is 4.84. The van der Waals surface area contributed by atoms with Crippen molar-refractivity contribution < 1.29 is 24.5 Å². The number of hydrogen-bond donors (Lipinski definition) is 0. The van der Waals surface area contributed by atoms with E-state index in [2.05, 4.69) is 48.1 Å². The Balaban J connectivity index is 0.000000171. The van der Waals surface area contributed by atoms with Gasteiger partial charge in [0.05, 0.1) is 5.58 Å². The number of hydrogen-bond acceptors (Lipinski definition) is 3. The Labute approximate surface area is 212 Å². The van der Waals surface area contributed by atoms with Gasteiger partial charge in [0.25, 0.3) is 0 Å². The summed E-state index contributed by atoms with van der Waals surface area (Å²) >= 11 is 0. The monoisotopic (exact) mass is 619 g/mol. The molecule has 3 aromatic carbocycles. The van der Waals surface area contributed by atoms with Gasteiger partial charge in [-0.25, -0.2) is 0 Å². The molecule has 0 fully saturated rings. The first-order valence-electron chi connectivity index (χ1n) is 10.8. The smallest absolute Gasteiger partial charge is 0.120 e. The van der Waals surface area contributed by atoms with Gasteiger partial charge in [0.15, 0.2) is 0 Å². The Morgan fingerprint density at radius 3 is 2.09 bits per heavy atom. The summed E-state index contributed by atoms with van der Waals surface area (Å²) < 4.78 is 6.05. The fourth-order valence-corrected chi connectivity index (χ4v) is 3.82. The molecule has 169 valence electrons. The number of benzene rings is 3. The van der Waals surface area contributed by atoms with Gasteiger partial charge in [-0.15, -0.1) is 53.1 Å². The van der Waals surface area contributed by atoms with Crippen LogP contribution in [-0.2, 0) is 20.1 Å². The molecule has 0 aliphatic carbocycles. The van der Waals surface area contributed by atoms with Crippen LogP contribution < -0.4 is 0 Å². The molecule has 0 spiro atoms. The van der Waals surface area contributed by atoms with E-state index in [1.807, 2.05) is 72.8 Å². The molecule has 1 radical (unpaired) electrons. The average Bonchev–Trinajstić information content (AvgIpc) is 3.27. The molecule has 0 amide bonds. The first kappa shape index (κ1) is 23.6. The number of fused-ring (bicyclic) bond motifs is 3. The Hall–Kier alpha value is -3.59. The molecule has 0 saturated carbocycles.